The Bertz CT molecular complexity index is 695. The molecular weight excluding hydrogens is 353 g/mol. The second-order valence-corrected chi connectivity index (χ2v) is 5.78. The average Bonchev–Trinajstić information content (AvgIpc) is 2.64. The van der Waals surface area contributed by atoms with Crippen molar-refractivity contribution in [1.82, 2.24) is 20.6 Å². The molecule has 8 nitrogen and oxygen atoms in total. The van der Waals surface area contributed by atoms with Gasteiger partial charge in [0, 0.05) is 32.0 Å². The Balaban J connectivity index is 1.76. The number of rotatable bonds is 4. The van der Waals surface area contributed by atoms with Crippen molar-refractivity contribution in [1.29, 1.82) is 5.26 Å². The molecule has 2 amide bonds. The minimum Gasteiger partial charge on any atom is -0.354 e. The molecule has 2 heterocycles. The summed E-state index contributed by atoms with van der Waals surface area (Å²) in [6, 6.07) is 1.98. The van der Waals surface area contributed by atoms with Crippen LogP contribution >= 0.6 is 0 Å². The van der Waals surface area contributed by atoms with E-state index in [9.17, 15) is 22.8 Å². The fraction of sp³-hybridized carbons (Fsp3) is 0.533. The molecule has 1 aliphatic heterocycles. The van der Waals surface area contributed by atoms with Crippen molar-refractivity contribution in [3.8, 4) is 6.07 Å². The van der Waals surface area contributed by atoms with Crippen LogP contribution in [0.5, 0.6) is 0 Å². The molecule has 0 saturated carbocycles. The molecule has 0 aliphatic carbocycles. The molecular formula is C15H17F3N6O2. The van der Waals surface area contributed by atoms with Crippen LogP contribution in [0, 0.1) is 17.2 Å². The van der Waals surface area contributed by atoms with Crippen molar-refractivity contribution in [3.63, 3.8) is 0 Å². The minimum absolute atomic E-state index is 0.0767. The van der Waals surface area contributed by atoms with Gasteiger partial charge < -0.3 is 15.5 Å². The fourth-order valence-corrected chi connectivity index (χ4v) is 2.57. The molecule has 1 saturated heterocycles. The number of hydrogen-bond acceptors (Lipinski definition) is 6. The highest BCUT2D eigenvalue weighted by Gasteiger charge is 2.29. The van der Waals surface area contributed by atoms with Gasteiger partial charge in [-0.3, -0.25) is 9.59 Å². The first-order valence-corrected chi connectivity index (χ1v) is 7.89. The third kappa shape index (κ3) is 5.58. The van der Waals surface area contributed by atoms with Gasteiger partial charge in [0.1, 0.15) is 12.6 Å². The molecule has 2 rings (SSSR count). The van der Waals surface area contributed by atoms with Crippen molar-refractivity contribution in [2.45, 2.75) is 19.0 Å². The van der Waals surface area contributed by atoms with Crippen LogP contribution in [0.15, 0.2) is 12.4 Å². The number of aromatic nitrogens is 2. The monoisotopic (exact) mass is 370 g/mol. The van der Waals surface area contributed by atoms with Gasteiger partial charge in [0.25, 0.3) is 0 Å². The van der Waals surface area contributed by atoms with Gasteiger partial charge in [-0.15, -0.1) is 0 Å². The highest BCUT2D eigenvalue weighted by molar-refractivity contribution is 6.35. The van der Waals surface area contributed by atoms with Crippen molar-refractivity contribution in [2.24, 2.45) is 5.92 Å². The number of nitriles is 1. The molecule has 26 heavy (non-hydrogen) atoms. The maximum atomic E-state index is 12.0. The summed E-state index contributed by atoms with van der Waals surface area (Å²) < 4.78 is 36.0. The molecule has 1 aromatic rings. The summed E-state index contributed by atoms with van der Waals surface area (Å²) in [4.78, 5) is 32.8. The molecule has 1 fully saturated rings. The lowest BCUT2D eigenvalue weighted by Crippen LogP contribution is -2.46. The number of halogens is 3. The molecule has 2 N–H and O–H groups in total. The zero-order valence-corrected chi connectivity index (χ0v) is 13.7. The van der Waals surface area contributed by atoms with Crippen LogP contribution in [0.25, 0.3) is 0 Å². The topological polar surface area (TPSA) is 111 Å². The number of anilines is 1. The van der Waals surface area contributed by atoms with Gasteiger partial charge in [-0.2, -0.15) is 18.4 Å². The Labute approximate surface area is 147 Å². The van der Waals surface area contributed by atoms with Gasteiger partial charge in [0.05, 0.1) is 0 Å². The second kappa shape index (κ2) is 8.46. The Morgan fingerprint density at radius 3 is 2.42 bits per heavy atom. The quantitative estimate of drug-likeness (QED) is 0.741. The van der Waals surface area contributed by atoms with E-state index in [2.05, 4.69) is 15.3 Å². The van der Waals surface area contributed by atoms with Crippen LogP contribution in [0.2, 0.25) is 0 Å². The molecule has 1 aromatic heterocycles. The molecule has 0 radical (unpaired) electrons. The first-order chi connectivity index (χ1) is 12.3. The van der Waals surface area contributed by atoms with E-state index in [0.717, 1.165) is 0 Å². The number of carbonyl (C=O) groups is 2. The molecule has 0 aromatic carbocycles. The lowest BCUT2D eigenvalue weighted by molar-refractivity contribution is -0.146. The average molecular weight is 370 g/mol. The number of nitrogens with zero attached hydrogens (tertiary/aromatic N) is 4. The van der Waals surface area contributed by atoms with Crippen LogP contribution in [0.1, 0.15) is 18.5 Å². The van der Waals surface area contributed by atoms with E-state index < -0.39 is 24.5 Å². The highest BCUT2D eigenvalue weighted by Crippen LogP contribution is 2.22. The Morgan fingerprint density at radius 2 is 1.81 bits per heavy atom. The summed E-state index contributed by atoms with van der Waals surface area (Å²) >= 11 is 0. The molecule has 0 spiro atoms. The SMILES string of the molecule is N#Cc1nccnc1N1CCC(CNC(=O)C(=O)NCC(F)(F)F)CC1. The van der Waals surface area contributed by atoms with Crippen LogP contribution in [-0.4, -0.2) is 54.1 Å². The second-order valence-electron chi connectivity index (χ2n) is 5.78. The van der Waals surface area contributed by atoms with E-state index in [4.69, 9.17) is 5.26 Å². The first kappa shape index (κ1) is 19.4. The fourth-order valence-electron chi connectivity index (χ4n) is 2.57. The summed E-state index contributed by atoms with van der Waals surface area (Å²) in [5.74, 6) is -1.81. The maximum absolute atomic E-state index is 12.0. The van der Waals surface area contributed by atoms with Gasteiger partial charge in [-0.1, -0.05) is 0 Å². The van der Waals surface area contributed by atoms with E-state index in [-0.39, 0.29) is 18.2 Å². The highest BCUT2D eigenvalue weighted by atomic mass is 19.4. The van der Waals surface area contributed by atoms with E-state index in [1.54, 1.807) is 0 Å². The zero-order valence-electron chi connectivity index (χ0n) is 13.7. The lowest BCUT2D eigenvalue weighted by atomic mass is 9.96. The number of nitrogens with one attached hydrogen (secondary N) is 2. The lowest BCUT2D eigenvalue weighted by Gasteiger charge is -2.32. The van der Waals surface area contributed by atoms with Crippen molar-refractivity contribution in [2.75, 3.05) is 31.1 Å². The minimum atomic E-state index is -4.56. The maximum Gasteiger partial charge on any atom is 0.405 e. The van der Waals surface area contributed by atoms with Gasteiger partial charge in [0.2, 0.25) is 0 Å². The van der Waals surface area contributed by atoms with Gasteiger partial charge in [0.15, 0.2) is 11.5 Å². The number of piperidine rings is 1. The Morgan fingerprint density at radius 1 is 1.19 bits per heavy atom. The number of carbonyl (C=O) groups excluding carboxylic acids is 2. The number of alkyl halides is 3. The van der Waals surface area contributed by atoms with Gasteiger partial charge >= 0.3 is 18.0 Å². The largest absolute Gasteiger partial charge is 0.405 e. The standard InChI is InChI=1S/C15H17F3N6O2/c16-15(17,18)9-23-14(26)13(25)22-8-10-1-5-24(6-2-10)12-11(7-19)20-3-4-21-12/h3-4,10H,1-2,5-6,8-9H2,(H,22,25)(H,23,26). The third-order valence-corrected chi connectivity index (χ3v) is 3.91. The van der Waals surface area contributed by atoms with Crippen molar-refractivity contribution < 1.29 is 22.8 Å². The van der Waals surface area contributed by atoms with Crippen LogP contribution in [-0.2, 0) is 9.59 Å². The van der Waals surface area contributed by atoms with Crippen LogP contribution < -0.4 is 15.5 Å². The molecule has 0 atom stereocenters. The van der Waals surface area contributed by atoms with Crippen LogP contribution in [0.3, 0.4) is 0 Å². The van der Waals surface area contributed by atoms with Crippen molar-refractivity contribution >= 4 is 17.6 Å². The predicted octanol–water partition coefficient (Wildman–Crippen LogP) is 0.359. The smallest absolute Gasteiger partial charge is 0.354 e. The summed E-state index contributed by atoms with van der Waals surface area (Å²) in [6.07, 6.45) is -0.278. The predicted molar refractivity (Wildman–Crippen MR) is 83.8 cm³/mol. The molecule has 0 bridgehead atoms. The van der Waals surface area contributed by atoms with Crippen molar-refractivity contribution in [3.05, 3.63) is 18.1 Å². The normalized spacial score (nSPS) is 15.2. The van der Waals surface area contributed by atoms with E-state index in [0.29, 0.717) is 31.7 Å². The molecule has 0 unspecified atom stereocenters. The summed E-state index contributed by atoms with van der Waals surface area (Å²) in [5.41, 5.74) is 0.237. The molecule has 1 aliphatic rings. The Hall–Kier alpha value is -2.90. The first-order valence-electron chi connectivity index (χ1n) is 7.89. The van der Waals surface area contributed by atoms with E-state index in [1.807, 2.05) is 11.0 Å². The molecule has 11 heteroatoms. The number of hydrogen-bond donors (Lipinski definition) is 2. The van der Waals surface area contributed by atoms with Crippen LogP contribution in [0.4, 0.5) is 19.0 Å². The molecule has 140 valence electrons. The zero-order chi connectivity index (χ0) is 19.2. The van der Waals surface area contributed by atoms with E-state index in [1.165, 1.54) is 17.7 Å². The summed E-state index contributed by atoms with van der Waals surface area (Å²) in [7, 11) is 0. The third-order valence-electron chi connectivity index (χ3n) is 3.91. The Kier molecular flexibility index (Phi) is 6.32. The summed E-state index contributed by atoms with van der Waals surface area (Å²) in [5, 5.41) is 12.9. The number of amides is 2. The van der Waals surface area contributed by atoms with Gasteiger partial charge in [-0.25, -0.2) is 9.97 Å². The van der Waals surface area contributed by atoms with E-state index >= 15 is 0 Å². The summed E-state index contributed by atoms with van der Waals surface area (Å²) in [6.45, 7) is -0.170. The van der Waals surface area contributed by atoms with Gasteiger partial charge in [-0.05, 0) is 18.8 Å².